The van der Waals surface area contributed by atoms with Gasteiger partial charge in [-0.2, -0.15) is 5.10 Å². The molecule has 3 heterocycles. The van der Waals surface area contributed by atoms with Crippen LogP contribution in [0.15, 0.2) is 35.1 Å². The molecule has 1 aliphatic rings. The minimum Gasteiger partial charge on any atom is -0.466 e. The van der Waals surface area contributed by atoms with Gasteiger partial charge in [0, 0.05) is 46.7 Å². The zero-order valence-corrected chi connectivity index (χ0v) is 22.5. The maximum Gasteiger partial charge on any atom is 0.305 e. The Morgan fingerprint density at radius 2 is 2.00 bits per heavy atom. The second-order valence-electron chi connectivity index (χ2n) is 9.35. The molecule has 1 fully saturated rings. The normalized spacial score (nSPS) is 14.5. The van der Waals surface area contributed by atoms with Crippen molar-refractivity contribution in [2.75, 3.05) is 13.2 Å². The number of halogens is 1. The summed E-state index contributed by atoms with van der Waals surface area (Å²) in [5.74, 6) is 0.490. The van der Waals surface area contributed by atoms with Gasteiger partial charge in [-0.15, -0.1) is 0 Å². The molecule has 0 unspecified atom stereocenters. The highest BCUT2D eigenvalue weighted by atomic mass is 79.9. The van der Waals surface area contributed by atoms with Crippen LogP contribution in [0.3, 0.4) is 0 Å². The van der Waals surface area contributed by atoms with Gasteiger partial charge < -0.3 is 9.47 Å². The Morgan fingerprint density at radius 1 is 1.17 bits per heavy atom. The summed E-state index contributed by atoms with van der Waals surface area (Å²) in [5, 5.41) is 5.07. The highest BCUT2D eigenvalue weighted by Crippen LogP contribution is 2.34. The van der Waals surface area contributed by atoms with Gasteiger partial charge in [0.2, 0.25) is 0 Å². The third kappa shape index (κ3) is 6.50. The number of ether oxygens (including phenoxy) is 2. The van der Waals surface area contributed by atoms with Crippen molar-refractivity contribution >= 4 is 27.4 Å². The molecule has 1 saturated carbocycles. The lowest BCUT2D eigenvalue weighted by atomic mass is 9.90. The van der Waals surface area contributed by atoms with Gasteiger partial charge in [-0.3, -0.25) is 9.78 Å². The van der Waals surface area contributed by atoms with Crippen molar-refractivity contribution in [1.29, 1.82) is 0 Å². The molecule has 188 valence electrons. The van der Waals surface area contributed by atoms with Crippen LogP contribution in [0.1, 0.15) is 75.7 Å². The van der Waals surface area contributed by atoms with Crippen LogP contribution in [0.4, 0.5) is 0 Å². The fraction of sp³-hybridized carbons (Fsp3) is 0.536. The number of esters is 1. The molecule has 0 aromatic carbocycles. The molecule has 7 heteroatoms. The summed E-state index contributed by atoms with van der Waals surface area (Å²) in [6, 6.07) is 6.39. The average Bonchev–Trinajstić information content (AvgIpc) is 3.27. The van der Waals surface area contributed by atoms with Crippen LogP contribution in [-0.4, -0.2) is 33.8 Å². The topological polar surface area (TPSA) is 65.7 Å². The van der Waals surface area contributed by atoms with Crippen molar-refractivity contribution in [3.05, 3.63) is 52.0 Å². The van der Waals surface area contributed by atoms with Crippen molar-refractivity contribution in [1.82, 2.24) is 14.6 Å². The van der Waals surface area contributed by atoms with E-state index in [0.717, 1.165) is 57.5 Å². The largest absolute Gasteiger partial charge is 0.466 e. The van der Waals surface area contributed by atoms with E-state index in [0.29, 0.717) is 32.0 Å². The first-order valence-corrected chi connectivity index (χ1v) is 13.8. The summed E-state index contributed by atoms with van der Waals surface area (Å²) in [6.07, 6.45) is 12.9. The van der Waals surface area contributed by atoms with Gasteiger partial charge in [0.15, 0.2) is 0 Å². The third-order valence-corrected chi connectivity index (χ3v) is 7.28. The molecule has 0 radical (unpaired) electrons. The van der Waals surface area contributed by atoms with Crippen molar-refractivity contribution in [3.63, 3.8) is 0 Å². The zero-order chi connectivity index (χ0) is 24.6. The number of rotatable bonds is 11. The van der Waals surface area contributed by atoms with Crippen LogP contribution in [0.25, 0.3) is 16.6 Å². The van der Waals surface area contributed by atoms with E-state index in [1.54, 1.807) is 6.20 Å². The lowest BCUT2D eigenvalue weighted by Gasteiger charge is -2.22. The van der Waals surface area contributed by atoms with Crippen molar-refractivity contribution in [3.8, 4) is 11.1 Å². The number of carbonyl (C=O) groups excluding carboxylic acids is 1. The number of fused-ring (bicyclic) bond motifs is 1. The standard InChI is InChI=1S/C28H36BrN3O3/c1-3-23-13-14-26-28(21-15-22(29)17-30-16-21)24(11-8-12-27(33)35-4-2)25(31-32(23)26)19-34-18-20-9-6-5-7-10-20/h13-17,20H,3-12,18-19H2,1-2H3. The van der Waals surface area contributed by atoms with Crippen LogP contribution in [0, 0.1) is 5.92 Å². The first-order valence-electron chi connectivity index (χ1n) is 13.0. The predicted molar refractivity (Wildman–Crippen MR) is 141 cm³/mol. The third-order valence-electron chi connectivity index (χ3n) is 6.85. The average molecular weight is 543 g/mol. The van der Waals surface area contributed by atoms with Crippen molar-refractivity contribution in [2.45, 2.75) is 78.2 Å². The minimum atomic E-state index is -0.154. The smallest absolute Gasteiger partial charge is 0.305 e. The summed E-state index contributed by atoms with van der Waals surface area (Å²) in [5.41, 5.74) is 6.45. The Bertz CT molecular complexity index is 1140. The number of nitrogens with zero attached hydrogens (tertiary/aromatic N) is 3. The number of hydrogen-bond acceptors (Lipinski definition) is 5. The van der Waals surface area contributed by atoms with Crippen LogP contribution in [0.5, 0.6) is 0 Å². The van der Waals surface area contributed by atoms with E-state index >= 15 is 0 Å². The van der Waals surface area contributed by atoms with E-state index in [2.05, 4.69) is 50.6 Å². The maximum absolute atomic E-state index is 12.0. The SMILES string of the molecule is CCOC(=O)CCCc1c(COCC2CCCCC2)nn2c(CC)ccc2c1-c1cncc(Br)c1. The molecule has 0 bridgehead atoms. The predicted octanol–water partition coefficient (Wildman–Crippen LogP) is 6.70. The fourth-order valence-electron chi connectivity index (χ4n) is 5.10. The highest BCUT2D eigenvalue weighted by Gasteiger charge is 2.21. The van der Waals surface area contributed by atoms with Gasteiger partial charge in [-0.05, 0) is 84.6 Å². The van der Waals surface area contributed by atoms with Crippen LogP contribution >= 0.6 is 15.9 Å². The minimum absolute atomic E-state index is 0.154. The van der Waals surface area contributed by atoms with E-state index in [1.165, 1.54) is 32.1 Å². The molecule has 0 saturated heterocycles. The lowest BCUT2D eigenvalue weighted by molar-refractivity contribution is -0.143. The van der Waals surface area contributed by atoms with E-state index in [-0.39, 0.29) is 5.97 Å². The lowest BCUT2D eigenvalue weighted by Crippen LogP contribution is -2.15. The Hall–Kier alpha value is -2.25. The molecule has 3 aromatic heterocycles. The number of aromatic nitrogens is 3. The molecule has 0 N–H and O–H groups in total. The Morgan fingerprint density at radius 3 is 2.74 bits per heavy atom. The summed E-state index contributed by atoms with van der Waals surface area (Å²) >= 11 is 3.59. The summed E-state index contributed by atoms with van der Waals surface area (Å²) in [6.45, 7) is 5.65. The first kappa shape index (κ1) is 25.8. The van der Waals surface area contributed by atoms with Crippen LogP contribution in [0.2, 0.25) is 0 Å². The van der Waals surface area contributed by atoms with Crippen LogP contribution < -0.4 is 0 Å². The van der Waals surface area contributed by atoms with Gasteiger partial charge >= 0.3 is 5.97 Å². The summed E-state index contributed by atoms with van der Waals surface area (Å²) < 4.78 is 14.4. The van der Waals surface area contributed by atoms with E-state index in [9.17, 15) is 4.79 Å². The second kappa shape index (κ2) is 12.6. The van der Waals surface area contributed by atoms with E-state index < -0.39 is 0 Å². The summed E-state index contributed by atoms with van der Waals surface area (Å²) in [4.78, 5) is 16.5. The maximum atomic E-state index is 12.0. The Kier molecular flexibility index (Phi) is 9.32. The quantitative estimate of drug-likeness (QED) is 0.252. The summed E-state index contributed by atoms with van der Waals surface area (Å²) in [7, 11) is 0. The second-order valence-corrected chi connectivity index (χ2v) is 10.3. The molecule has 3 aromatic rings. The highest BCUT2D eigenvalue weighted by molar-refractivity contribution is 9.10. The van der Waals surface area contributed by atoms with E-state index in [1.807, 2.05) is 13.1 Å². The Labute approximate surface area is 216 Å². The molecule has 0 spiro atoms. The molecule has 4 rings (SSSR count). The Balaban J connectivity index is 1.71. The number of hydrogen-bond donors (Lipinski definition) is 0. The number of carbonyl (C=O) groups is 1. The fourth-order valence-corrected chi connectivity index (χ4v) is 5.47. The van der Waals surface area contributed by atoms with Crippen LogP contribution in [-0.2, 0) is 33.7 Å². The van der Waals surface area contributed by atoms with Crippen molar-refractivity contribution < 1.29 is 14.3 Å². The van der Waals surface area contributed by atoms with Gasteiger partial charge in [0.05, 0.1) is 24.4 Å². The number of aryl methyl sites for hydroxylation is 1. The van der Waals surface area contributed by atoms with E-state index in [4.69, 9.17) is 14.6 Å². The molecule has 0 atom stereocenters. The van der Waals surface area contributed by atoms with Gasteiger partial charge in [-0.1, -0.05) is 26.2 Å². The molecular weight excluding hydrogens is 506 g/mol. The zero-order valence-electron chi connectivity index (χ0n) is 20.9. The molecular formula is C28H36BrN3O3. The van der Waals surface area contributed by atoms with Crippen molar-refractivity contribution in [2.24, 2.45) is 5.92 Å². The van der Waals surface area contributed by atoms with Gasteiger partial charge in [-0.25, -0.2) is 4.52 Å². The molecule has 0 aliphatic heterocycles. The molecule has 6 nitrogen and oxygen atoms in total. The first-order chi connectivity index (χ1) is 17.1. The molecule has 35 heavy (non-hydrogen) atoms. The monoisotopic (exact) mass is 541 g/mol. The molecule has 1 aliphatic carbocycles. The van der Waals surface area contributed by atoms with Gasteiger partial charge in [0.1, 0.15) is 0 Å². The van der Waals surface area contributed by atoms with Gasteiger partial charge in [0.25, 0.3) is 0 Å². The number of pyridine rings is 1. The molecule has 0 amide bonds.